The highest BCUT2D eigenvalue weighted by Gasteiger charge is 2.55. The van der Waals surface area contributed by atoms with Gasteiger partial charge < -0.3 is 10.0 Å². The van der Waals surface area contributed by atoms with Crippen molar-refractivity contribution in [2.24, 2.45) is 0 Å². The lowest BCUT2D eigenvalue weighted by Gasteiger charge is -2.26. The van der Waals surface area contributed by atoms with Crippen LogP contribution in [0.1, 0.15) is 18.4 Å². The third-order valence-corrected chi connectivity index (χ3v) is 5.53. The summed E-state index contributed by atoms with van der Waals surface area (Å²) in [5.41, 5.74) is 0.506. The van der Waals surface area contributed by atoms with Crippen LogP contribution in [0.2, 0.25) is 0 Å². The summed E-state index contributed by atoms with van der Waals surface area (Å²) in [5.74, 6) is 0.0261. The molecule has 2 aliphatic rings. The van der Waals surface area contributed by atoms with E-state index in [9.17, 15) is 14.7 Å². The number of nitrogens with zero attached hydrogens (tertiary/aromatic N) is 1. The zero-order valence-corrected chi connectivity index (χ0v) is 13.1. The van der Waals surface area contributed by atoms with E-state index in [4.69, 9.17) is 0 Å². The highest BCUT2D eigenvalue weighted by Crippen LogP contribution is 2.50. The maximum atomic E-state index is 12.8. The van der Waals surface area contributed by atoms with Crippen molar-refractivity contribution in [2.75, 3.05) is 11.6 Å². The molecule has 1 saturated carbocycles. The Bertz CT molecular complexity index is 556. The monoisotopic (exact) mass is 355 g/mol. The molecule has 0 spiro atoms. The van der Waals surface area contributed by atoms with Crippen LogP contribution in [-0.4, -0.2) is 39.6 Å². The molecule has 1 heterocycles. The van der Waals surface area contributed by atoms with Crippen molar-refractivity contribution < 1.29 is 14.7 Å². The predicted molar refractivity (Wildman–Crippen MR) is 80.6 cm³/mol. The van der Waals surface area contributed by atoms with Gasteiger partial charge in [0.05, 0.1) is 11.3 Å². The largest absolute Gasteiger partial charge is 0.480 e. The summed E-state index contributed by atoms with van der Waals surface area (Å²) in [5, 5.41) is 9.21. The van der Waals surface area contributed by atoms with Crippen LogP contribution in [0.4, 0.5) is 0 Å². The van der Waals surface area contributed by atoms with Crippen molar-refractivity contribution in [2.45, 2.75) is 24.3 Å². The van der Waals surface area contributed by atoms with E-state index < -0.39 is 17.4 Å². The quantitative estimate of drug-likeness (QED) is 0.904. The lowest BCUT2D eigenvalue weighted by Crippen LogP contribution is -2.46. The molecule has 4 nitrogen and oxygen atoms in total. The number of carbonyl (C=O) groups is 2. The SMILES string of the molecule is O=C(O)[C@@H]1CSCN1C(=O)C1(c2ccc(Br)cc2)CC1. The smallest absolute Gasteiger partial charge is 0.327 e. The first-order valence-electron chi connectivity index (χ1n) is 6.42. The number of hydrogen-bond acceptors (Lipinski definition) is 3. The van der Waals surface area contributed by atoms with Crippen LogP contribution in [0, 0.1) is 0 Å². The Labute approximate surface area is 129 Å². The fourth-order valence-corrected chi connectivity index (χ4v) is 4.05. The number of benzene rings is 1. The van der Waals surface area contributed by atoms with Gasteiger partial charge in [0, 0.05) is 10.2 Å². The van der Waals surface area contributed by atoms with Crippen molar-refractivity contribution in [3.8, 4) is 0 Å². The van der Waals surface area contributed by atoms with Crippen molar-refractivity contribution >= 4 is 39.6 Å². The van der Waals surface area contributed by atoms with Gasteiger partial charge in [0.15, 0.2) is 0 Å². The minimum Gasteiger partial charge on any atom is -0.480 e. The van der Waals surface area contributed by atoms with Crippen LogP contribution in [0.3, 0.4) is 0 Å². The highest BCUT2D eigenvalue weighted by atomic mass is 79.9. The van der Waals surface area contributed by atoms with Gasteiger partial charge in [-0.15, -0.1) is 11.8 Å². The molecule has 20 heavy (non-hydrogen) atoms. The van der Waals surface area contributed by atoms with E-state index in [0.29, 0.717) is 11.6 Å². The number of halogens is 1. The van der Waals surface area contributed by atoms with Gasteiger partial charge in [0.1, 0.15) is 6.04 Å². The second-order valence-corrected chi connectivity index (χ2v) is 7.13. The normalized spacial score (nSPS) is 23.6. The molecule has 2 fully saturated rings. The number of hydrogen-bond donors (Lipinski definition) is 1. The van der Waals surface area contributed by atoms with Crippen LogP contribution >= 0.6 is 27.7 Å². The average Bonchev–Trinajstić information content (AvgIpc) is 3.08. The molecule has 0 radical (unpaired) electrons. The van der Waals surface area contributed by atoms with Crippen molar-refractivity contribution in [1.82, 2.24) is 4.90 Å². The maximum Gasteiger partial charge on any atom is 0.327 e. The number of rotatable bonds is 3. The van der Waals surface area contributed by atoms with Crippen molar-refractivity contribution in [3.63, 3.8) is 0 Å². The van der Waals surface area contributed by atoms with E-state index >= 15 is 0 Å². The minimum absolute atomic E-state index is 0.0303. The summed E-state index contributed by atoms with van der Waals surface area (Å²) in [6.45, 7) is 0. The molecular formula is C14H14BrNO3S. The minimum atomic E-state index is -0.907. The molecule has 106 valence electrons. The second kappa shape index (κ2) is 5.07. The topological polar surface area (TPSA) is 57.6 Å². The number of carbonyl (C=O) groups excluding carboxylic acids is 1. The molecule has 1 aliphatic carbocycles. The van der Waals surface area contributed by atoms with Gasteiger partial charge in [-0.1, -0.05) is 28.1 Å². The first kappa shape index (κ1) is 13.9. The van der Waals surface area contributed by atoms with Gasteiger partial charge in [-0.3, -0.25) is 4.79 Å². The van der Waals surface area contributed by atoms with Gasteiger partial charge in [-0.25, -0.2) is 4.79 Å². The predicted octanol–water partition coefficient (Wildman–Crippen LogP) is 2.47. The molecule has 1 atom stereocenters. The zero-order chi connectivity index (χ0) is 14.3. The lowest BCUT2D eigenvalue weighted by molar-refractivity contribution is -0.148. The summed E-state index contributed by atoms with van der Waals surface area (Å²) in [4.78, 5) is 25.5. The van der Waals surface area contributed by atoms with Crippen LogP contribution in [0.25, 0.3) is 0 Å². The summed E-state index contributed by atoms with van der Waals surface area (Å²) >= 11 is 4.89. The Morgan fingerprint density at radius 1 is 1.30 bits per heavy atom. The molecule has 0 aromatic heterocycles. The molecule has 1 N–H and O–H groups in total. The van der Waals surface area contributed by atoms with Crippen LogP contribution in [0.5, 0.6) is 0 Å². The van der Waals surface area contributed by atoms with Crippen molar-refractivity contribution in [3.05, 3.63) is 34.3 Å². The Kier molecular flexibility index (Phi) is 3.54. The standard InChI is InChI=1S/C14H14BrNO3S/c15-10-3-1-9(2-4-10)14(5-6-14)13(19)16-8-20-7-11(16)12(17)18/h1-4,11H,5-8H2,(H,17,18)/t11-/m0/s1. The highest BCUT2D eigenvalue weighted by molar-refractivity contribution is 9.10. The van der Waals surface area contributed by atoms with E-state index in [0.717, 1.165) is 22.9 Å². The summed E-state index contributed by atoms with van der Waals surface area (Å²) in [7, 11) is 0. The second-order valence-electron chi connectivity index (χ2n) is 5.22. The van der Waals surface area contributed by atoms with E-state index in [1.807, 2.05) is 24.3 Å². The zero-order valence-electron chi connectivity index (χ0n) is 10.7. The molecule has 0 unspecified atom stereocenters. The summed E-state index contributed by atoms with van der Waals surface area (Å²) in [6, 6.07) is 7.08. The van der Waals surface area contributed by atoms with Crippen LogP contribution < -0.4 is 0 Å². The number of aliphatic carboxylic acids is 1. The van der Waals surface area contributed by atoms with Gasteiger partial charge in [-0.05, 0) is 30.5 Å². The molecule has 3 rings (SSSR count). The third kappa shape index (κ3) is 2.24. The number of thioether (sulfide) groups is 1. The molecule has 0 bridgehead atoms. The number of carboxylic acid groups (broad SMARTS) is 1. The first-order chi connectivity index (χ1) is 9.54. The Hall–Kier alpha value is -1.01. The third-order valence-electron chi connectivity index (χ3n) is 3.98. The molecule has 1 amide bonds. The first-order valence-corrected chi connectivity index (χ1v) is 8.37. The van der Waals surface area contributed by atoms with Crippen LogP contribution in [-0.2, 0) is 15.0 Å². The van der Waals surface area contributed by atoms with Gasteiger partial charge in [-0.2, -0.15) is 0 Å². The van der Waals surface area contributed by atoms with Crippen LogP contribution in [0.15, 0.2) is 28.7 Å². The number of amides is 1. The molecular weight excluding hydrogens is 342 g/mol. The Morgan fingerprint density at radius 3 is 2.50 bits per heavy atom. The summed E-state index contributed by atoms with van der Waals surface area (Å²) in [6.07, 6.45) is 1.61. The molecule has 1 aromatic carbocycles. The number of carboxylic acids is 1. The fourth-order valence-electron chi connectivity index (χ4n) is 2.64. The molecule has 1 saturated heterocycles. The van der Waals surface area contributed by atoms with Gasteiger partial charge in [0.25, 0.3) is 0 Å². The lowest BCUT2D eigenvalue weighted by atomic mass is 9.94. The van der Waals surface area contributed by atoms with Gasteiger partial charge >= 0.3 is 5.97 Å². The Morgan fingerprint density at radius 2 is 1.95 bits per heavy atom. The van der Waals surface area contributed by atoms with Gasteiger partial charge in [0.2, 0.25) is 5.91 Å². The fraction of sp³-hybridized carbons (Fsp3) is 0.429. The maximum absolute atomic E-state index is 12.8. The average molecular weight is 356 g/mol. The van der Waals surface area contributed by atoms with E-state index in [1.54, 1.807) is 0 Å². The van der Waals surface area contributed by atoms with E-state index in [1.165, 1.54) is 16.7 Å². The Balaban J connectivity index is 1.86. The summed E-state index contributed by atoms with van der Waals surface area (Å²) < 4.78 is 0.977. The molecule has 1 aromatic rings. The molecule has 1 aliphatic heterocycles. The van der Waals surface area contributed by atoms with Crippen molar-refractivity contribution in [1.29, 1.82) is 0 Å². The molecule has 6 heteroatoms. The van der Waals surface area contributed by atoms with E-state index in [2.05, 4.69) is 15.9 Å². The van der Waals surface area contributed by atoms with E-state index in [-0.39, 0.29) is 5.91 Å².